The Labute approximate surface area is 162 Å². The Balaban J connectivity index is 1.96. The number of anilines is 1. The maximum atomic E-state index is 13.1. The number of esters is 1. The Bertz CT molecular complexity index is 934. The van der Waals surface area contributed by atoms with Gasteiger partial charge in [-0.1, -0.05) is 18.2 Å². The standard InChI is InChI=1S/C21H20N2O5/c1-2-28-20(24)14-16-6-5-13-22(19-8-4-3-7-18(16)19)21(25)15-9-11-17(12-10-15)23(26)27/h3-4,7-12,14H,2,5-6,13H2,1H3/b16-14-. The van der Waals surface area contributed by atoms with Gasteiger partial charge in [0.15, 0.2) is 0 Å². The summed E-state index contributed by atoms with van der Waals surface area (Å²) in [6, 6.07) is 13.0. The lowest BCUT2D eigenvalue weighted by Crippen LogP contribution is -2.31. The molecule has 0 saturated heterocycles. The van der Waals surface area contributed by atoms with Gasteiger partial charge in [-0.15, -0.1) is 0 Å². The average Bonchev–Trinajstić information content (AvgIpc) is 2.87. The van der Waals surface area contributed by atoms with Crippen molar-refractivity contribution in [3.63, 3.8) is 0 Å². The first-order valence-electron chi connectivity index (χ1n) is 9.04. The van der Waals surface area contributed by atoms with Crippen LogP contribution < -0.4 is 4.90 Å². The summed E-state index contributed by atoms with van der Waals surface area (Å²) in [5, 5.41) is 10.8. The molecule has 0 aromatic heterocycles. The van der Waals surface area contributed by atoms with E-state index in [4.69, 9.17) is 4.74 Å². The molecule has 0 atom stereocenters. The number of nitro groups is 1. The number of hydrogen-bond acceptors (Lipinski definition) is 5. The van der Waals surface area contributed by atoms with Crippen molar-refractivity contribution < 1.29 is 19.2 Å². The van der Waals surface area contributed by atoms with Gasteiger partial charge in [-0.25, -0.2) is 4.79 Å². The fourth-order valence-electron chi connectivity index (χ4n) is 3.23. The van der Waals surface area contributed by atoms with Crippen molar-refractivity contribution in [1.82, 2.24) is 0 Å². The third-order valence-corrected chi connectivity index (χ3v) is 4.52. The quantitative estimate of drug-likeness (QED) is 0.346. The smallest absolute Gasteiger partial charge is 0.331 e. The molecule has 0 N–H and O–H groups in total. The number of allylic oxidation sites excluding steroid dienone is 1. The summed E-state index contributed by atoms with van der Waals surface area (Å²) < 4.78 is 5.02. The fraction of sp³-hybridized carbons (Fsp3) is 0.238. The van der Waals surface area contributed by atoms with Crippen molar-refractivity contribution in [2.75, 3.05) is 18.1 Å². The Morgan fingerprint density at radius 1 is 1.18 bits per heavy atom. The SMILES string of the molecule is CCOC(=O)/C=C1/CCCN(C(=O)c2ccc([N+](=O)[O-])cc2)c2ccccc21. The summed E-state index contributed by atoms with van der Waals surface area (Å²) in [6.07, 6.45) is 2.81. The van der Waals surface area contributed by atoms with Gasteiger partial charge in [0.25, 0.3) is 11.6 Å². The monoisotopic (exact) mass is 380 g/mol. The van der Waals surface area contributed by atoms with E-state index in [1.54, 1.807) is 11.8 Å². The molecule has 0 fully saturated rings. The average molecular weight is 380 g/mol. The first kappa shape index (κ1) is 19.3. The van der Waals surface area contributed by atoms with Crippen LogP contribution in [0.2, 0.25) is 0 Å². The van der Waals surface area contributed by atoms with Gasteiger partial charge in [-0.2, -0.15) is 0 Å². The van der Waals surface area contributed by atoms with E-state index in [2.05, 4.69) is 0 Å². The second-order valence-electron chi connectivity index (χ2n) is 6.30. The van der Waals surface area contributed by atoms with Gasteiger partial charge in [0.1, 0.15) is 0 Å². The normalized spacial score (nSPS) is 14.9. The first-order valence-corrected chi connectivity index (χ1v) is 9.04. The van der Waals surface area contributed by atoms with Crippen LogP contribution in [-0.4, -0.2) is 30.0 Å². The van der Waals surface area contributed by atoms with Crippen LogP contribution in [0, 0.1) is 10.1 Å². The molecule has 28 heavy (non-hydrogen) atoms. The lowest BCUT2D eigenvalue weighted by molar-refractivity contribution is -0.384. The minimum absolute atomic E-state index is 0.0625. The number of nitro benzene ring substituents is 1. The Morgan fingerprint density at radius 3 is 2.57 bits per heavy atom. The highest BCUT2D eigenvalue weighted by molar-refractivity contribution is 6.08. The molecule has 0 radical (unpaired) electrons. The minimum atomic E-state index is -0.498. The van der Waals surface area contributed by atoms with Gasteiger partial charge < -0.3 is 9.64 Å². The Kier molecular flexibility index (Phi) is 5.84. The summed E-state index contributed by atoms with van der Waals surface area (Å²) in [7, 11) is 0. The molecule has 2 aromatic carbocycles. The van der Waals surface area contributed by atoms with Crippen molar-refractivity contribution in [3.05, 3.63) is 75.8 Å². The number of fused-ring (bicyclic) bond motifs is 1. The van der Waals surface area contributed by atoms with Crippen LogP contribution in [0.25, 0.3) is 5.57 Å². The predicted molar refractivity (Wildman–Crippen MR) is 105 cm³/mol. The van der Waals surface area contributed by atoms with Gasteiger partial charge in [0.05, 0.1) is 17.2 Å². The number of hydrogen-bond donors (Lipinski definition) is 0. The summed E-state index contributed by atoms with van der Waals surface area (Å²) in [5.41, 5.74) is 2.65. The minimum Gasteiger partial charge on any atom is -0.463 e. The Hall–Kier alpha value is -3.48. The van der Waals surface area contributed by atoms with Crippen molar-refractivity contribution in [1.29, 1.82) is 0 Å². The number of benzene rings is 2. The maximum absolute atomic E-state index is 13.1. The molecule has 0 bridgehead atoms. The number of carbonyl (C=O) groups excluding carboxylic acids is 2. The van der Waals surface area contributed by atoms with E-state index in [9.17, 15) is 19.7 Å². The predicted octanol–water partition coefficient (Wildman–Crippen LogP) is 3.98. The first-order chi connectivity index (χ1) is 13.5. The van der Waals surface area contributed by atoms with Crippen LogP contribution in [0.5, 0.6) is 0 Å². The Morgan fingerprint density at radius 2 is 1.89 bits per heavy atom. The number of nitrogens with zero attached hydrogens (tertiary/aromatic N) is 2. The van der Waals surface area contributed by atoms with Crippen LogP contribution >= 0.6 is 0 Å². The molecule has 0 spiro atoms. The van der Waals surface area contributed by atoms with Crippen molar-refractivity contribution in [2.24, 2.45) is 0 Å². The molecule has 1 aliphatic heterocycles. The third kappa shape index (κ3) is 4.09. The van der Waals surface area contributed by atoms with E-state index in [1.165, 1.54) is 30.3 Å². The molecule has 7 heteroatoms. The number of rotatable bonds is 4. The molecular weight excluding hydrogens is 360 g/mol. The van der Waals surface area contributed by atoms with E-state index in [1.807, 2.05) is 24.3 Å². The number of ether oxygens (including phenoxy) is 1. The molecule has 0 aliphatic carbocycles. The van der Waals surface area contributed by atoms with E-state index < -0.39 is 10.9 Å². The van der Waals surface area contributed by atoms with Crippen LogP contribution in [0.4, 0.5) is 11.4 Å². The molecule has 3 rings (SSSR count). The van der Waals surface area contributed by atoms with Gasteiger partial charge >= 0.3 is 5.97 Å². The zero-order chi connectivity index (χ0) is 20.1. The molecule has 0 saturated carbocycles. The second-order valence-corrected chi connectivity index (χ2v) is 6.30. The topological polar surface area (TPSA) is 89.8 Å². The highest BCUT2D eigenvalue weighted by Crippen LogP contribution is 2.34. The number of non-ortho nitro benzene ring substituents is 1. The van der Waals surface area contributed by atoms with Crippen LogP contribution in [0.15, 0.2) is 54.6 Å². The molecular formula is C21H20N2O5. The molecule has 7 nitrogen and oxygen atoms in total. The van der Waals surface area contributed by atoms with Crippen molar-refractivity contribution in [2.45, 2.75) is 19.8 Å². The summed E-state index contributed by atoms with van der Waals surface area (Å²) in [6.45, 7) is 2.53. The van der Waals surface area contributed by atoms with Crippen molar-refractivity contribution in [3.8, 4) is 0 Å². The van der Waals surface area contributed by atoms with Gasteiger partial charge in [0.2, 0.25) is 0 Å². The highest BCUT2D eigenvalue weighted by atomic mass is 16.6. The molecule has 1 aliphatic rings. The van der Waals surface area contributed by atoms with Crippen LogP contribution in [-0.2, 0) is 9.53 Å². The number of para-hydroxylation sites is 1. The van der Waals surface area contributed by atoms with E-state index >= 15 is 0 Å². The lowest BCUT2D eigenvalue weighted by Gasteiger charge is -2.23. The van der Waals surface area contributed by atoms with E-state index in [-0.39, 0.29) is 11.6 Å². The van der Waals surface area contributed by atoms with E-state index in [0.717, 1.165) is 11.1 Å². The molecule has 0 unspecified atom stereocenters. The highest BCUT2D eigenvalue weighted by Gasteiger charge is 2.25. The number of amides is 1. The summed E-state index contributed by atoms with van der Waals surface area (Å²) in [4.78, 5) is 37.0. The zero-order valence-corrected chi connectivity index (χ0v) is 15.5. The van der Waals surface area contributed by atoms with Crippen LogP contribution in [0.1, 0.15) is 35.7 Å². The maximum Gasteiger partial charge on any atom is 0.331 e. The van der Waals surface area contributed by atoms with Gasteiger partial charge in [-0.05, 0) is 43.5 Å². The third-order valence-electron chi connectivity index (χ3n) is 4.52. The molecule has 1 heterocycles. The fourth-order valence-corrected chi connectivity index (χ4v) is 3.23. The van der Waals surface area contributed by atoms with Crippen molar-refractivity contribution >= 4 is 28.8 Å². The number of carbonyl (C=O) groups is 2. The second kappa shape index (κ2) is 8.47. The molecule has 144 valence electrons. The van der Waals surface area contributed by atoms with Crippen LogP contribution in [0.3, 0.4) is 0 Å². The summed E-state index contributed by atoms with van der Waals surface area (Å²) >= 11 is 0. The molecule has 2 aromatic rings. The summed E-state index contributed by atoms with van der Waals surface area (Å²) in [5.74, 6) is -0.637. The van der Waals surface area contributed by atoms with Gasteiger partial charge in [-0.3, -0.25) is 14.9 Å². The molecule has 1 amide bonds. The largest absolute Gasteiger partial charge is 0.463 e. The zero-order valence-electron chi connectivity index (χ0n) is 15.5. The lowest BCUT2D eigenvalue weighted by atomic mass is 10.0. The van der Waals surface area contributed by atoms with Gasteiger partial charge in [0, 0.05) is 35.9 Å². The van der Waals surface area contributed by atoms with E-state index in [0.29, 0.717) is 37.2 Å².